The summed E-state index contributed by atoms with van der Waals surface area (Å²) in [6, 6.07) is 12.3. The Morgan fingerprint density at radius 1 is 1.14 bits per heavy atom. The van der Waals surface area contributed by atoms with Crippen LogP contribution in [0.25, 0.3) is 0 Å². The number of hydrogen-bond acceptors (Lipinski definition) is 8. The Hall–Kier alpha value is -3.46. The maximum absolute atomic E-state index is 13.3. The van der Waals surface area contributed by atoms with Crippen LogP contribution < -0.4 is 14.8 Å². The SMILES string of the molecule is COc1cc(OC)cc(C(=O)Nc2cccc(C3C(C(=O)OCC(C)C)=C(C)N=C4SCCCN43)c2)c1. The van der Waals surface area contributed by atoms with Gasteiger partial charge in [-0.1, -0.05) is 37.7 Å². The van der Waals surface area contributed by atoms with Crippen LogP contribution in [-0.2, 0) is 9.53 Å². The van der Waals surface area contributed by atoms with Gasteiger partial charge in [-0.3, -0.25) is 4.79 Å². The smallest absolute Gasteiger partial charge is 0.338 e. The fourth-order valence-electron chi connectivity index (χ4n) is 4.32. The minimum atomic E-state index is -0.354. The summed E-state index contributed by atoms with van der Waals surface area (Å²) in [6.07, 6.45) is 0.988. The number of carbonyl (C=O) groups is 2. The first-order chi connectivity index (χ1) is 17.8. The molecule has 1 unspecified atom stereocenters. The number of amidine groups is 1. The van der Waals surface area contributed by atoms with Crippen LogP contribution in [0.15, 0.2) is 58.7 Å². The van der Waals surface area contributed by atoms with Crippen LogP contribution in [0.3, 0.4) is 0 Å². The average Bonchev–Trinajstić information content (AvgIpc) is 2.90. The molecule has 0 saturated carbocycles. The summed E-state index contributed by atoms with van der Waals surface area (Å²) in [5, 5.41) is 3.88. The number of fused-ring (bicyclic) bond motifs is 1. The van der Waals surface area contributed by atoms with Gasteiger partial charge in [-0.2, -0.15) is 0 Å². The van der Waals surface area contributed by atoms with Gasteiger partial charge in [0.15, 0.2) is 5.17 Å². The number of ether oxygens (including phenoxy) is 3. The van der Waals surface area contributed by atoms with E-state index < -0.39 is 0 Å². The molecule has 0 spiro atoms. The van der Waals surface area contributed by atoms with E-state index in [2.05, 4.69) is 10.2 Å². The van der Waals surface area contributed by atoms with Crippen molar-refractivity contribution in [2.75, 3.05) is 38.4 Å². The maximum atomic E-state index is 13.3. The molecule has 4 rings (SSSR count). The molecule has 2 aromatic carbocycles. The fraction of sp³-hybridized carbons (Fsp3) is 0.393. The summed E-state index contributed by atoms with van der Waals surface area (Å²) in [7, 11) is 3.08. The van der Waals surface area contributed by atoms with Crippen molar-refractivity contribution in [3.8, 4) is 11.5 Å². The Bertz CT molecular complexity index is 1220. The third-order valence-corrected chi connectivity index (χ3v) is 7.18. The van der Waals surface area contributed by atoms with Crippen molar-refractivity contribution < 1.29 is 23.8 Å². The van der Waals surface area contributed by atoms with E-state index >= 15 is 0 Å². The monoisotopic (exact) mass is 523 g/mol. The molecular weight excluding hydrogens is 490 g/mol. The largest absolute Gasteiger partial charge is 0.497 e. The Morgan fingerprint density at radius 2 is 1.86 bits per heavy atom. The summed E-state index contributed by atoms with van der Waals surface area (Å²) >= 11 is 1.70. The molecular formula is C28H33N3O5S. The number of hydrogen-bond donors (Lipinski definition) is 1. The molecule has 37 heavy (non-hydrogen) atoms. The zero-order valence-electron chi connectivity index (χ0n) is 21.9. The van der Waals surface area contributed by atoms with Gasteiger partial charge in [-0.25, -0.2) is 9.79 Å². The number of nitrogens with one attached hydrogen (secondary N) is 1. The topological polar surface area (TPSA) is 89.5 Å². The Labute approximate surface area is 222 Å². The van der Waals surface area contributed by atoms with Gasteiger partial charge in [-0.15, -0.1) is 0 Å². The lowest BCUT2D eigenvalue weighted by Gasteiger charge is -2.40. The normalized spacial score (nSPS) is 17.2. The molecule has 9 heteroatoms. The zero-order valence-corrected chi connectivity index (χ0v) is 22.7. The number of carbonyl (C=O) groups excluding carboxylic acids is 2. The average molecular weight is 524 g/mol. The number of aliphatic imine (C=N–C) groups is 1. The first kappa shape index (κ1) is 26.6. The van der Waals surface area contributed by atoms with Gasteiger partial charge >= 0.3 is 5.97 Å². The van der Waals surface area contributed by atoms with E-state index in [1.165, 1.54) is 0 Å². The molecule has 196 valence electrons. The van der Waals surface area contributed by atoms with Crippen LogP contribution in [0.1, 0.15) is 49.2 Å². The summed E-state index contributed by atoms with van der Waals surface area (Å²) < 4.78 is 16.2. The third-order valence-electron chi connectivity index (χ3n) is 6.10. The molecule has 8 nitrogen and oxygen atoms in total. The quantitative estimate of drug-likeness (QED) is 0.471. The van der Waals surface area contributed by atoms with Gasteiger partial charge in [-0.05, 0) is 49.1 Å². The number of methoxy groups -OCH3 is 2. The van der Waals surface area contributed by atoms with Gasteiger partial charge in [0.05, 0.1) is 38.1 Å². The molecule has 0 aromatic heterocycles. The van der Waals surface area contributed by atoms with Crippen molar-refractivity contribution in [2.45, 2.75) is 33.2 Å². The van der Waals surface area contributed by atoms with Crippen LogP contribution in [0.4, 0.5) is 5.69 Å². The van der Waals surface area contributed by atoms with Crippen molar-refractivity contribution in [3.63, 3.8) is 0 Å². The van der Waals surface area contributed by atoms with Crippen molar-refractivity contribution in [3.05, 3.63) is 64.9 Å². The van der Waals surface area contributed by atoms with Gasteiger partial charge < -0.3 is 24.4 Å². The Balaban J connectivity index is 1.66. The van der Waals surface area contributed by atoms with E-state index in [0.29, 0.717) is 40.6 Å². The van der Waals surface area contributed by atoms with E-state index in [-0.39, 0.29) is 23.8 Å². The second-order valence-corrected chi connectivity index (χ2v) is 10.4. The van der Waals surface area contributed by atoms with Crippen molar-refractivity contribution >= 4 is 34.5 Å². The molecule has 2 heterocycles. The second kappa shape index (κ2) is 11.7. The number of anilines is 1. The highest BCUT2D eigenvalue weighted by atomic mass is 32.2. The predicted molar refractivity (Wildman–Crippen MR) is 146 cm³/mol. The third kappa shape index (κ3) is 6.10. The van der Waals surface area contributed by atoms with E-state index in [1.807, 2.05) is 45.0 Å². The number of amides is 1. The number of nitrogens with zero attached hydrogens (tertiary/aromatic N) is 2. The standard InChI is InChI=1S/C28H33N3O5S/c1-17(2)16-36-27(33)24-18(3)29-28-31(10-7-11-37-28)25(24)19-8-6-9-21(12-19)30-26(32)20-13-22(34-4)15-23(14-20)35-5/h6,8-9,12-15,17,25H,7,10-11,16H2,1-5H3,(H,30,32). The molecule has 0 bridgehead atoms. The summed E-state index contributed by atoms with van der Waals surface area (Å²) in [6.45, 7) is 7.00. The number of rotatable bonds is 8. The lowest BCUT2D eigenvalue weighted by Crippen LogP contribution is -2.42. The van der Waals surface area contributed by atoms with Gasteiger partial charge in [0.25, 0.3) is 5.91 Å². The van der Waals surface area contributed by atoms with E-state index in [4.69, 9.17) is 19.2 Å². The molecule has 2 aliphatic rings. The highest BCUT2D eigenvalue weighted by Crippen LogP contribution is 2.40. The number of allylic oxidation sites excluding steroid dienone is 1. The number of esters is 1. The molecule has 2 aromatic rings. The summed E-state index contributed by atoms with van der Waals surface area (Å²) in [5.74, 6) is 1.62. The van der Waals surface area contributed by atoms with Crippen molar-refractivity contribution in [1.29, 1.82) is 0 Å². The predicted octanol–water partition coefficient (Wildman–Crippen LogP) is 5.28. The lowest BCUT2D eigenvalue weighted by atomic mass is 9.94. The Kier molecular flexibility index (Phi) is 8.43. The molecule has 2 aliphatic heterocycles. The van der Waals surface area contributed by atoms with E-state index in [9.17, 15) is 9.59 Å². The first-order valence-electron chi connectivity index (χ1n) is 12.3. The molecule has 1 amide bonds. The van der Waals surface area contributed by atoms with E-state index in [1.54, 1.807) is 44.2 Å². The van der Waals surface area contributed by atoms with Crippen LogP contribution in [0.2, 0.25) is 0 Å². The summed E-state index contributed by atoms with van der Waals surface area (Å²) in [5.41, 5.74) is 3.11. The lowest BCUT2D eigenvalue weighted by molar-refractivity contribution is -0.140. The number of benzene rings is 2. The minimum Gasteiger partial charge on any atom is -0.497 e. The minimum absolute atomic E-state index is 0.227. The van der Waals surface area contributed by atoms with Crippen molar-refractivity contribution in [2.24, 2.45) is 10.9 Å². The van der Waals surface area contributed by atoms with Crippen LogP contribution in [0, 0.1) is 5.92 Å². The fourth-order valence-corrected chi connectivity index (χ4v) is 5.34. The molecule has 1 fully saturated rings. The zero-order chi connectivity index (χ0) is 26.5. The van der Waals surface area contributed by atoms with Gasteiger partial charge in [0.1, 0.15) is 11.5 Å². The van der Waals surface area contributed by atoms with Crippen LogP contribution in [0.5, 0.6) is 11.5 Å². The summed E-state index contributed by atoms with van der Waals surface area (Å²) in [4.78, 5) is 33.3. The highest BCUT2D eigenvalue weighted by molar-refractivity contribution is 8.13. The van der Waals surface area contributed by atoms with Crippen molar-refractivity contribution in [1.82, 2.24) is 4.90 Å². The van der Waals surface area contributed by atoms with Gasteiger partial charge in [0, 0.05) is 29.6 Å². The maximum Gasteiger partial charge on any atom is 0.338 e. The second-order valence-electron chi connectivity index (χ2n) is 9.36. The molecule has 1 N–H and O–H groups in total. The number of thioether (sulfide) groups is 1. The molecule has 0 radical (unpaired) electrons. The Morgan fingerprint density at radius 3 is 2.54 bits per heavy atom. The molecule has 1 saturated heterocycles. The highest BCUT2D eigenvalue weighted by Gasteiger charge is 2.38. The molecule has 0 aliphatic carbocycles. The van der Waals surface area contributed by atoms with Gasteiger partial charge in [0.2, 0.25) is 0 Å². The van der Waals surface area contributed by atoms with Crippen LogP contribution >= 0.6 is 11.8 Å². The van der Waals surface area contributed by atoms with E-state index in [0.717, 1.165) is 29.4 Å². The van der Waals surface area contributed by atoms with Crippen LogP contribution in [-0.4, -0.2) is 55.1 Å². The first-order valence-corrected chi connectivity index (χ1v) is 13.3. The molecule has 1 atom stereocenters.